The monoisotopic (exact) mass is 260 g/mol. The van der Waals surface area contributed by atoms with Crippen molar-refractivity contribution in [2.24, 2.45) is 5.92 Å². The van der Waals surface area contributed by atoms with Gasteiger partial charge in [-0.2, -0.15) is 0 Å². The van der Waals surface area contributed by atoms with Crippen molar-refractivity contribution in [3.8, 4) is 0 Å². The van der Waals surface area contributed by atoms with Crippen LogP contribution in [0.3, 0.4) is 0 Å². The molecule has 2 heterocycles. The Morgan fingerprint density at radius 3 is 2.38 bits per heavy atom. The third-order valence-corrected chi connectivity index (χ3v) is 4.87. The van der Waals surface area contributed by atoms with E-state index < -0.39 is 0 Å². The first-order chi connectivity index (χ1) is 7.50. The second kappa shape index (κ2) is 4.59. The Hall–Kier alpha value is -0.190. The van der Waals surface area contributed by atoms with Gasteiger partial charge < -0.3 is 4.74 Å². The van der Waals surface area contributed by atoms with Crippen molar-refractivity contribution in [3.05, 3.63) is 10.0 Å². The lowest BCUT2D eigenvalue weighted by atomic mass is 9.90. The minimum atomic E-state index is -0.0587. The highest BCUT2D eigenvalue weighted by atomic mass is 35.5. The summed E-state index contributed by atoms with van der Waals surface area (Å²) in [5.41, 5.74) is 0. The van der Waals surface area contributed by atoms with Crippen LogP contribution >= 0.6 is 22.9 Å². The van der Waals surface area contributed by atoms with E-state index in [9.17, 15) is 0 Å². The lowest BCUT2D eigenvalue weighted by molar-refractivity contribution is 0.0556. The molecular formula is C11H17ClN2OS. The molecule has 0 bridgehead atoms. The van der Waals surface area contributed by atoms with Crippen LogP contribution in [0.2, 0.25) is 0 Å². The number of nitrogens with zero attached hydrogens (tertiary/aromatic N) is 2. The molecule has 0 radical (unpaired) electrons. The molecule has 0 N–H and O–H groups in total. The van der Waals surface area contributed by atoms with E-state index in [4.69, 9.17) is 16.3 Å². The first kappa shape index (κ1) is 12.3. The third kappa shape index (κ3) is 2.11. The van der Waals surface area contributed by atoms with Gasteiger partial charge in [-0.3, -0.25) is 0 Å². The van der Waals surface area contributed by atoms with Crippen LogP contribution in [0.5, 0.6) is 0 Å². The zero-order valence-electron chi connectivity index (χ0n) is 9.98. The second-order valence-corrected chi connectivity index (χ2v) is 6.22. The summed E-state index contributed by atoms with van der Waals surface area (Å²) < 4.78 is 5.82. The highest BCUT2D eigenvalue weighted by molar-refractivity contribution is 7.11. The molecule has 1 fully saturated rings. The van der Waals surface area contributed by atoms with Gasteiger partial charge in [-0.05, 0) is 26.7 Å². The first-order valence-electron chi connectivity index (χ1n) is 5.63. The van der Waals surface area contributed by atoms with Crippen LogP contribution < -0.4 is 0 Å². The number of aromatic nitrogens is 2. The number of hydrogen-bond donors (Lipinski definition) is 0. The number of hydrogen-bond acceptors (Lipinski definition) is 4. The van der Waals surface area contributed by atoms with Gasteiger partial charge in [-0.15, -0.1) is 21.8 Å². The van der Waals surface area contributed by atoms with Gasteiger partial charge in [-0.1, -0.05) is 18.3 Å². The van der Waals surface area contributed by atoms with Crippen LogP contribution in [-0.2, 0) is 4.74 Å². The summed E-state index contributed by atoms with van der Waals surface area (Å²) in [5.74, 6) is 0.845. The van der Waals surface area contributed by atoms with Crippen LogP contribution in [-0.4, -0.2) is 22.4 Å². The summed E-state index contributed by atoms with van der Waals surface area (Å²) in [6, 6.07) is 0. The molecule has 1 aromatic heterocycles. The molecule has 1 aliphatic heterocycles. The molecule has 0 amide bonds. The lowest BCUT2D eigenvalue weighted by Crippen LogP contribution is -2.14. The molecule has 1 aromatic rings. The van der Waals surface area contributed by atoms with E-state index in [0.717, 1.165) is 10.0 Å². The predicted molar refractivity (Wildman–Crippen MR) is 66.1 cm³/mol. The SMILES string of the molecule is CC(Cl)c1nnc(C2C(C)OC(C)C2C)s1. The molecule has 1 saturated heterocycles. The Morgan fingerprint density at radius 2 is 1.94 bits per heavy atom. The van der Waals surface area contributed by atoms with Crippen molar-refractivity contribution in [1.82, 2.24) is 10.2 Å². The van der Waals surface area contributed by atoms with E-state index in [1.165, 1.54) is 0 Å². The highest BCUT2D eigenvalue weighted by Crippen LogP contribution is 2.41. The molecule has 0 spiro atoms. The standard InChI is InChI=1S/C11H17ClN2OS/c1-5-7(3)15-8(4)9(5)11-14-13-10(16-11)6(2)12/h5-9H,1-4H3. The van der Waals surface area contributed by atoms with Gasteiger partial charge >= 0.3 is 0 Å². The van der Waals surface area contributed by atoms with Gasteiger partial charge in [0.1, 0.15) is 10.0 Å². The van der Waals surface area contributed by atoms with Crippen LogP contribution in [0.15, 0.2) is 0 Å². The summed E-state index contributed by atoms with van der Waals surface area (Å²) >= 11 is 7.61. The van der Waals surface area contributed by atoms with Crippen LogP contribution in [0.25, 0.3) is 0 Å². The lowest BCUT2D eigenvalue weighted by Gasteiger charge is -2.14. The Bertz CT molecular complexity index is 369. The topological polar surface area (TPSA) is 35.0 Å². The van der Waals surface area contributed by atoms with Gasteiger partial charge in [0.2, 0.25) is 0 Å². The average Bonchev–Trinajstić information content (AvgIpc) is 2.74. The Balaban J connectivity index is 2.23. The maximum Gasteiger partial charge on any atom is 0.135 e. The molecule has 0 saturated carbocycles. The minimum Gasteiger partial charge on any atom is -0.375 e. The molecule has 16 heavy (non-hydrogen) atoms. The number of halogens is 1. The number of rotatable bonds is 2. The third-order valence-electron chi connectivity index (χ3n) is 3.32. The van der Waals surface area contributed by atoms with Crippen molar-refractivity contribution >= 4 is 22.9 Å². The summed E-state index contributed by atoms with van der Waals surface area (Å²) in [5, 5.41) is 10.3. The normalized spacial score (nSPS) is 36.6. The fourth-order valence-corrected chi connectivity index (χ4v) is 3.49. The Kier molecular flexibility index (Phi) is 3.52. The van der Waals surface area contributed by atoms with Crippen molar-refractivity contribution in [2.75, 3.05) is 0 Å². The molecule has 5 atom stereocenters. The van der Waals surface area contributed by atoms with Crippen LogP contribution in [0.4, 0.5) is 0 Å². The second-order valence-electron chi connectivity index (χ2n) is 4.53. The minimum absolute atomic E-state index is 0.0587. The Labute approximate surface area is 105 Å². The predicted octanol–water partition coefficient (Wildman–Crippen LogP) is 3.36. The quantitative estimate of drug-likeness (QED) is 0.765. The van der Waals surface area contributed by atoms with Crippen molar-refractivity contribution in [1.29, 1.82) is 0 Å². The molecule has 0 aliphatic carbocycles. The number of ether oxygens (including phenoxy) is 1. The van der Waals surface area contributed by atoms with Gasteiger partial charge in [0.15, 0.2) is 0 Å². The molecule has 3 nitrogen and oxygen atoms in total. The van der Waals surface area contributed by atoms with Crippen LogP contribution in [0.1, 0.15) is 49.0 Å². The fourth-order valence-electron chi connectivity index (χ4n) is 2.23. The fraction of sp³-hybridized carbons (Fsp3) is 0.818. The van der Waals surface area contributed by atoms with E-state index in [-0.39, 0.29) is 11.5 Å². The van der Waals surface area contributed by atoms with Gasteiger partial charge in [0.25, 0.3) is 0 Å². The molecule has 5 unspecified atom stereocenters. The van der Waals surface area contributed by atoms with E-state index in [1.807, 2.05) is 6.92 Å². The largest absolute Gasteiger partial charge is 0.375 e. The Morgan fingerprint density at radius 1 is 1.25 bits per heavy atom. The number of alkyl halides is 1. The summed E-state index contributed by atoms with van der Waals surface area (Å²) in [4.78, 5) is 0. The zero-order valence-corrected chi connectivity index (χ0v) is 11.5. The van der Waals surface area contributed by atoms with Gasteiger partial charge in [-0.25, -0.2) is 0 Å². The molecule has 0 aromatic carbocycles. The summed E-state index contributed by atoms with van der Waals surface area (Å²) in [7, 11) is 0. The van der Waals surface area contributed by atoms with E-state index in [0.29, 0.717) is 17.9 Å². The highest BCUT2D eigenvalue weighted by Gasteiger charge is 2.40. The molecular weight excluding hydrogens is 244 g/mol. The van der Waals surface area contributed by atoms with Gasteiger partial charge in [0.05, 0.1) is 17.6 Å². The maximum absolute atomic E-state index is 6.00. The molecule has 5 heteroatoms. The van der Waals surface area contributed by atoms with E-state index in [1.54, 1.807) is 11.3 Å². The molecule has 1 aliphatic rings. The molecule has 90 valence electrons. The summed E-state index contributed by atoms with van der Waals surface area (Å²) in [6.07, 6.45) is 0.511. The maximum atomic E-state index is 6.00. The first-order valence-corrected chi connectivity index (χ1v) is 6.88. The summed E-state index contributed by atoms with van der Waals surface area (Å²) in [6.45, 7) is 8.36. The smallest absolute Gasteiger partial charge is 0.135 e. The van der Waals surface area contributed by atoms with Crippen molar-refractivity contribution in [3.63, 3.8) is 0 Å². The average molecular weight is 261 g/mol. The zero-order chi connectivity index (χ0) is 11.9. The van der Waals surface area contributed by atoms with Crippen molar-refractivity contribution in [2.45, 2.75) is 51.2 Å². The van der Waals surface area contributed by atoms with Crippen molar-refractivity contribution < 1.29 is 4.74 Å². The molecule has 2 rings (SSSR count). The van der Waals surface area contributed by atoms with E-state index >= 15 is 0 Å². The van der Waals surface area contributed by atoms with Crippen LogP contribution in [0, 0.1) is 5.92 Å². The van der Waals surface area contributed by atoms with E-state index in [2.05, 4.69) is 31.0 Å². The van der Waals surface area contributed by atoms with Gasteiger partial charge in [0, 0.05) is 5.92 Å².